The van der Waals surface area contributed by atoms with Crippen LogP contribution in [0.1, 0.15) is 24.8 Å². The molecule has 28 heavy (non-hydrogen) atoms. The quantitative estimate of drug-likeness (QED) is 0.808. The highest BCUT2D eigenvalue weighted by atomic mass is 35.5. The topological polar surface area (TPSA) is 79.4 Å². The minimum Gasteiger partial charge on any atom is -0.352 e. The molecule has 4 rings (SSSR count). The van der Waals surface area contributed by atoms with Crippen LogP contribution in [0.2, 0.25) is 5.02 Å². The molecule has 1 spiro atoms. The van der Waals surface area contributed by atoms with Crippen LogP contribution in [0.25, 0.3) is 0 Å². The van der Waals surface area contributed by atoms with Gasteiger partial charge in [0.25, 0.3) is 0 Å². The van der Waals surface area contributed by atoms with E-state index in [1.165, 1.54) is 10.4 Å². The lowest BCUT2D eigenvalue weighted by atomic mass is 9.62. The first-order valence-corrected chi connectivity index (χ1v) is 11.2. The first-order valence-electron chi connectivity index (χ1n) is 9.34. The Morgan fingerprint density at radius 1 is 1.25 bits per heavy atom. The van der Waals surface area contributed by atoms with Crippen LogP contribution in [0.3, 0.4) is 0 Å². The van der Waals surface area contributed by atoms with Crippen LogP contribution in [0, 0.1) is 11.3 Å². The molecule has 1 atom stereocenters. The van der Waals surface area contributed by atoms with E-state index in [0.717, 1.165) is 24.8 Å². The summed E-state index contributed by atoms with van der Waals surface area (Å²) in [4.78, 5) is 17.1. The Morgan fingerprint density at radius 2 is 2.04 bits per heavy atom. The van der Waals surface area contributed by atoms with E-state index in [-0.39, 0.29) is 33.7 Å². The Morgan fingerprint density at radius 3 is 2.68 bits per heavy atom. The molecular formula is C20H22ClN3O3S. The summed E-state index contributed by atoms with van der Waals surface area (Å²) in [5.74, 6) is -0.449. The zero-order valence-corrected chi connectivity index (χ0v) is 16.9. The number of carbonyl (C=O) groups excluding carboxylic acids is 1. The number of benzene rings is 1. The van der Waals surface area contributed by atoms with Crippen molar-refractivity contribution in [1.82, 2.24) is 14.6 Å². The summed E-state index contributed by atoms with van der Waals surface area (Å²) < 4.78 is 27.7. The average molecular weight is 420 g/mol. The van der Waals surface area contributed by atoms with Crippen LogP contribution in [-0.2, 0) is 21.4 Å². The normalized spacial score (nSPS) is 21.4. The molecule has 1 saturated heterocycles. The molecule has 1 unspecified atom stereocenters. The van der Waals surface area contributed by atoms with E-state index >= 15 is 0 Å². The molecule has 1 aromatic heterocycles. The van der Waals surface area contributed by atoms with Gasteiger partial charge in [0, 0.05) is 32.0 Å². The standard InChI is InChI=1S/C20H22ClN3O3S/c21-17-6-1-2-7-18(17)28(26,27)24-13-16(20(14-24)8-4-9-20)19(25)23-12-15-5-3-10-22-11-15/h1-3,5-7,10-11,16H,4,8-9,12-14H2,(H,23,25). The van der Waals surface area contributed by atoms with Gasteiger partial charge in [0.2, 0.25) is 15.9 Å². The van der Waals surface area contributed by atoms with Crippen LogP contribution in [-0.4, -0.2) is 36.7 Å². The maximum atomic E-state index is 13.1. The molecule has 1 aliphatic heterocycles. The second-order valence-electron chi connectivity index (χ2n) is 7.58. The largest absolute Gasteiger partial charge is 0.352 e. The minimum atomic E-state index is -3.74. The number of rotatable bonds is 5. The summed E-state index contributed by atoms with van der Waals surface area (Å²) in [6.45, 7) is 0.939. The number of pyridine rings is 1. The summed E-state index contributed by atoms with van der Waals surface area (Å²) in [5.41, 5.74) is 0.643. The predicted octanol–water partition coefficient (Wildman–Crippen LogP) is 2.84. The Kier molecular flexibility index (Phi) is 5.16. The van der Waals surface area contributed by atoms with Crippen molar-refractivity contribution in [3.05, 3.63) is 59.4 Å². The number of halogens is 1. The predicted molar refractivity (Wildman–Crippen MR) is 106 cm³/mol. The molecule has 1 N–H and O–H groups in total. The lowest BCUT2D eigenvalue weighted by Gasteiger charge is -2.42. The van der Waals surface area contributed by atoms with E-state index < -0.39 is 10.0 Å². The maximum Gasteiger partial charge on any atom is 0.244 e. The van der Waals surface area contributed by atoms with Crippen LogP contribution < -0.4 is 5.32 Å². The molecular weight excluding hydrogens is 398 g/mol. The highest BCUT2D eigenvalue weighted by molar-refractivity contribution is 7.89. The third-order valence-corrected chi connectivity index (χ3v) is 8.24. The molecule has 2 aliphatic rings. The van der Waals surface area contributed by atoms with Crippen LogP contribution in [0.15, 0.2) is 53.7 Å². The summed E-state index contributed by atoms with van der Waals surface area (Å²) in [7, 11) is -3.74. The minimum absolute atomic E-state index is 0.0968. The molecule has 2 fully saturated rings. The number of nitrogens with one attached hydrogen (secondary N) is 1. The van der Waals surface area contributed by atoms with E-state index in [1.54, 1.807) is 30.6 Å². The summed E-state index contributed by atoms with van der Waals surface area (Å²) in [5, 5.41) is 3.16. The summed E-state index contributed by atoms with van der Waals surface area (Å²) in [6.07, 6.45) is 6.15. The zero-order valence-electron chi connectivity index (χ0n) is 15.3. The van der Waals surface area contributed by atoms with Gasteiger partial charge in [-0.3, -0.25) is 9.78 Å². The molecule has 1 aromatic carbocycles. The van der Waals surface area contributed by atoms with Crippen molar-refractivity contribution < 1.29 is 13.2 Å². The monoisotopic (exact) mass is 419 g/mol. The number of nitrogens with zero attached hydrogens (tertiary/aromatic N) is 2. The second-order valence-corrected chi connectivity index (χ2v) is 9.89. The van der Waals surface area contributed by atoms with Crippen LogP contribution in [0.5, 0.6) is 0 Å². The maximum absolute atomic E-state index is 13.1. The second kappa shape index (κ2) is 7.46. The summed E-state index contributed by atoms with van der Waals surface area (Å²) >= 11 is 6.13. The van der Waals surface area contributed by atoms with Gasteiger partial charge < -0.3 is 5.32 Å². The number of hydrogen-bond acceptors (Lipinski definition) is 4. The molecule has 0 radical (unpaired) electrons. The van der Waals surface area contributed by atoms with E-state index in [2.05, 4.69) is 10.3 Å². The molecule has 0 bridgehead atoms. The van der Waals surface area contributed by atoms with E-state index in [0.29, 0.717) is 13.1 Å². The Labute approximate surface area is 170 Å². The van der Waals surface area contributed by atoms with Gasteiger partial charge in [-0.25, -0.2) is 8.42 Å². The first-order chi connectivity index (χ1) is 13.4. The fraction of sp³-hybridized carbons (Fsp3) is 0.400. The third-order valence-electron chi connectivity index (χ3n) is 5.93. The van der Waals surface area contributed by atoms with Crippen LogP contribution >= 0.6 is 11.6 Å². The van der Waals surface area contributed by atoms with Gasteiger partial charge in [-0.1, -0.05) is 36.2 Å². The molecule has 6 nitrogen and oxygen atoms in total. The molecule has 1 aliphatic carbocycles. The Bertz CT molecular complexity index is 977. The van der Waals surface area contributed by atoms with Gasteiger partial charge in [0.05, 0.1) is 10.9 Å². The van der Waals surface area contributed by atoms with Crippen molar-refractivity contribution in [2.75, 3.05) is 13.1 Å². The van der Waals surface area contributed by atoms with Gasteiger partial charge >= 0.3 is 0 Å². The van der Waals surface area contributed by atoms with Gasteiger partial charge in [-0.2, -0.15) is 4.31 Å². The van der Waals surface area contributed by atoms with Crippen molar-refractivity contribution in [2.24, 2.45) is 11.3 Å². The van der Waals surface area contributed by atoms with Gasteiger partial charge in [0.1, 0.15) is 4.90 Å². The molecule has 8 heteroatoms. The molecule has 1 amide bonds. The van der Waals surface area contributed by atoms with Crippen molar-refractivity contribution in [3.63, 3.8) is 0 Å². The van der Waals surface area contributed by atoms with Crippen molar-refractivity contribution in [3.8, 4) is 0 Å². The number of aromatic nitrogens is 1. The fourth-order valence-corrected chi connectivity index (χ4v) is 6.26. The van der Waals surface area contributed by atoms with E-state index in [9.17, 15) is 13.2 Å². The van der Waals surface area contributed by atoms with Gasteiger partial charge in [-0.05, 0) is 42.0 Å². The Balaban J connectivity index is 1.53. The van der Waals surface area contributed by atoms with Crippen LogP contribution in [0.4, 0.5) is 0 Å². The van der Waals surface area contributed by atoms with Crippen molar-refractivity contribution in [1.29, 1.82) is 0 Å². The van der Waals surface area contributed by atoms with E-state index in [4.69, 9.17) is 11.6 Å². The molecule has 148 valence electrons. The summed E-state index contributed by atoms with van der Waals surface area (Å²) in [6, 6.07) is 10.2. The Hall–Kier alpha value is -1.96. The number of sulfonamides is 1. The fourth-order valence-electron chi connectivity index (χ4n) is 4.21. The van der Waals surface area contributed by atoms with Crippen molar-refractivity contribution in [2.45, 2.75) is 30.7 Å². The van der Waals surface area contributed by atoms with Gasteiger partial charge in [-0.15, -0.1) is 0 Å². The van der Waals surface area contributed by atoms with Crippen molar-refractivity contribution >= 4 is 27.5 Å². The third kappa shape index (κ3) is 3.43. The lowest BCUT2D eigenvalue weighted by Crippen LogP contribution is -2.45. The SMILES string of the molecule is O=C(NCc1cccnc1)C1CN(S(=O)(=O)c2ccccc2Cl)CC12CCC2. The molecule has 2 aromatic rings. The number of amides is 1. The zero-order chi connectivity index (χ0) is 19.8. The number of carbonyl (C=O) groups is 1. The highest BCUT2D eigenvalue weighted by Crippen LogP contribution is 2.52. The number of hydrogen-bond donors (Lipinski definition) is 1. The first kappa shape index (κ1) is 19.4. The molecule has 1 saturated carbocycles. The lowest BCUT2D eigenvalue weighted by molar-refractivity contribution is -0.129. The average Bonchev–Trinajstić information content (AvgIpc) is 3.10. The smallest absolute Gasteiger partial charge is 0.244 e. The highest BCUT2D eigenvalue weighted by Gasteiger charge is 2.55. The molecule has 2 heterocycles. The van der Waals surface area contributed by atoms with E-state index in [1.807, 2.05) is 12.1 Å². The van der Waals surface area contributed by atoms with Gasteiger partial charge in [0.15, 0.2) is 0 Å².